The van der Waals surface area contributed by atoms with Crippen LogP contribution in [-0.4, -0.2) is 113 Å². The second-order valence-electron chi connectivity index (χ2n) is 16.1. The minimum Gasteiger partial charge on any atom is -0.456 e. The third-order valence-corrected chi connectivity index (χ3v) is 11.9. The van der Waals surface area contributed by atoms with Gasteiger partial charge in [0.15, 0.2) is 5.78 Å². The Balaban J connectivity index is 1.72. The number of piperidine rings is 1. The minimum absolute atomic E-state index is 0.00654. The van der Waals surface area contributed by atoms with Crippen LogP contribution in [0.5, 0.6) is 0 Å². The molecule has 2 saturated heterocycles. The number of carbonyl (C=O) groups is 4. The molecule has 0 aromatic carbocycles. The van der Waals surface area contributed by atoms with Crippen LogP contribution >= 0.6 is 0 Å². The predicted octanol–water partition coefficient (Wildman–Crippen LogP) is 4.07. The first-order chi connectivity index (χ1) is 24.6. The molecule has 1 saturated carbocycles. The van der Waals surface area contributed by atoms with E-state index in [9.17, 15) is 34.5 Å². The first kappa shape index (κ1) is 42.3. The average Bonchev–Trinajstić information content (AvgIpc) is 3.12. The fourth-order valence-corrected chi connectivity index (χ4v) is 8.63. The number of cyclic esters (lactones) is 1. The summed E-state index contributed by atoms with van der Waals surface area (Å²) >= 11 is 0. The Hall–Kier alpha value is -2.48. The molecule has 1 aliphatic carbocycles. The standard InChI is InChI=1S/C40H63NO11/c1-23-11-14-30(43)22-32(44)27(5)35(25(3)20-28-12-15-29(42)16-13-28)51-39(47)31-10-8-9-17-41(31)38(46)37(45)40(48)26(4)21-34(50-7)36(52-40)33(49-6)19-24(2)18-23/h11,14,20,23-24,26-29,31-36,42,44,48H,8-10,12-13,15-19,21-22H2,1-7H3/b14-11+,25-20?. The molecule has 2 bridgehead atoms. The Morgan fingerprint density at radius 3 is 2.23 bits per heavy atom. The molecule has 12 heteroatoms. The normalized spacial score (nSPS) is 41.8. The van der Waals surface area contributed by atoms with Crippen molar-refractivity contribution < 1.29 is 53.4 Å². The number of ketones is 2. The van der Waals surface area contributed by atoms with Crippen molar-refractivity contribution in [2.75, 3.05) is 20.8 Å². The van der Waals surface area contributed by atoms with Gasteiger partial charge < -0.3 is 39.2 Å². The number of rotatable bonds is 4. The topological polar surface area (TPSA) is 169 Å². The van der Waals surface area contributed by atoms with Crippen LogP contribution in [0, 0.1) is 29.6 Å². The fraction of sp³-hybridized carbons (Fsp3) is 0.800. The van der Waals surface area contributed by atoms with Crippen LogP contribution in [0.2, 0.25) is 0 Å². The Morgan fingerprint density at radius 2 is 1.58 bits per heavy atom. The number of hydrogen-bond donors (Lipinski definition) is 3. The summed E-state index contributed by atoms with van der Waals surface area (Å²) in [5.41, 5.74) is 0.709. The third-order valence-electron chi connectivity index (χ3n) is 11.9. The van der Waals surface area contributed by atoms with Crippen molar-refractivity contribution in [2.45, 2.75) is 154 Å². The van der Waals surface area contributed by atoms with E-state index in [2.05, 4.69) is 0 Å². The van der Waals surface area contributed by atoms with Crippen LogP contribution in [-0.2, 0) is 38.1 Å². The van der Waals surface area contributed by atoms with Crippen LogP contribution < -0.4 is 0 Å². The number of ether oxygens (including phenoxy) is 4. The Morgan fingerprint density at radius 1 is 0.923 bits per heavy atom. The van der Waals surface area contributed by atoms with E-state index in [1.807, 2.05) is 32.9 Å². The monoisotopic (exact) mass is 733 g/mol. The lowest BCUT2D eigenvalue weighted by Gasteiger charge is -2.47. The van der Waals surface area contributed by atoms with E-state index in [0.717, 1.165) is 12.8 Å². The van der Waals surface area contributed by atoms with Crippen molar-refractivity contribution in [3.63, 3.8) is 0 Å². The van der Waals surface area contributed by atoms with Crippen LogP contribution in [0.15, 0.2) is 23.8 Å². The highest BCUT2D eigenvalue weighted by atomic mass is 16.7. The first-order valence-corrected chi connectivity index (χ1v) is 19.4. The maximum absolute atomic E-state index is 14.1. The third kappa shape index (κ3) is 10.2. The first-order valence-electron chi connectivity index (χ1n) is 19.4. The van der Waals surface area contributed by atoms with Gasteiger partial charge in [-0.3, -0.25) is 14.4 Å². The molecule has 4 aliphatic rings. The van der Waals surface area contributed by atoms with E-state index in [0.29, 0.717) is 44.1 Å². The van der Waals surface area contributed by atoms with Gasteiger partial charge in [-0.05, 0) is 101 Å². The van der Waals surface area contributed by atoms with Gasteiger partial charge in [0.2, 0.25) is 5.79 Å². The smallest absolute Gasteiger partial charge is 0.329 e. The molecule has 52 heavy (non-hydrogen) atoms. The molecule has 0 spiro atoms. The number of allylic oxidation sites excluding steroid dienone is 3. The molecule has 3 fully saturated rings. The highest BCUT2D eigenvalue weighted by molar-refractivity contribution is 6.39. The van der Waals surface area contributed by atoms with Gasteiger partial charge in [0.1, 0.15) is 18.2 Å². The lowest BCUT2D eigenvalue weighted by Crippen LogP contribution is -2.64. The van der Waals surface area contributed by atoms with Crippen LogP contribution in [0.25, 0.3) is 0 Å². The van der Waals surface area contributed by atoms with Crippen LogP contribution in [0.3, 0.4) is 0 Å². The van der Waals surface area contributed by atoms with Crippen molar-refractivity contribution in [1.29, 1.82) is 0 Å². The molecule has 0 aromatic rings. The number of Topliss-reactive ketones (excluding diaryl/α,β-unsaturated/α-hetero) is 1. The van der Waals surface area contributed by atoms with E-state index in [1.165, 1.54) is 25.2 Å². The van der Waals surface area contributed by atoms with Crippen LogP contribution in [0.1, 0.15) is 105 Å². The molecule has 1 amide bonds. The van der Waals surface area contributed by atoms with Crippen molar-refractivity contribution in [1.82, 2.24) is 4.90 Å². The fourth-order valence-electron chi connectivity index (χ4n) is 8.63. The second kappa shape index (κ2) is 18.7. The Bertz CT molecular complexity index is 1310. The number of aliphatic hydroxyl groups excluding tert-OH is 2. The van der Waals surface area contributed by atoms with Crippen molar-refractivity contribution in [2.24, 2.45) is 29.6 Å². The number of aliphatic hydroxyl groups is 3. The van der Waals surface area contributed by atoms with E-state index >= 15 is 0 Å². The van der Waals surface area contributed by atoms with Gasteiger partial charge in [-0.25, -0.2) is 4.79 Å². The molecule has 3 N–H and O–H groups in total. The average molecular weight is 734 g/mol. The zero-order valence-corrected chi connectivity index (χ0v) is 32.2. The zero-order valence-electron chi connectivity index (χ0n) is 32.2. The van der Waals surface area contributed by atoms with Crippen molar-refractivity contribution >= 4 is 23.4 Å². The van der Waals surface area contributed by atoms with Gasteiger partial charge in [-0.15, -0.1) is 0 Å². The summed E-state index contributed by atoms with van der Waals surface area (Å²) in [7, 11) is 3.06. The molecule has 3 heterocycles. The van der Waals surface area contributed by atoms with Gasteiger partial charge in [0, 0.05) is 39.0 Å². The number of esters is 1. The Labute approximate surface area is 309 Å². The maximum atomic E-state index is 14.1. The number of nitrogens with zero attached hydrogens (tertiary/aromatic N) is 1. The molecule has 3 aliphatic heterocycles. The van der Waals surface area contributed by atoms with E-state index in [4.69, 9.17) is 18.9 Å². The molecule has 294 valence electrons. The summed E-state index contributed by atoms with van der Waals surface area (Å²) in [4.78, 5) is 56.6. The quantitative estimate of drug-likeness (QED) is 0.216. The lowest BCUT2D eigenvalue weighted by molar-refractivity contribution is -0.302. The van der Waals surface area contributed by atoms with Crippen molar-refractivity contribution in [3.8, 4) is 0 Å². The zero-order chi connectivity index (χ0) is 38.3. The van der Waals surface area contributed by atoms with E-state index in [1.54, 1.807) is 13.8 Å². The molecule has 4 rings (SSSR count). The predicted molar refractivity (Wildman–Crippen MR) is 193 cm³/mol. The van der Waals surface area contributed by atoms with Gasteiger partial charge >= 0.3 is 5.97 Å². The molecule has 12 nitrogen and oxygen atoms in total. The summed E-state index contributed by atoms with van der Waals surface area (Å²) in [6.45, 7) is 9.36. The van der Waals surface area contributed by atoms with Gasteiger partial charge in [0.25, 0.3) is 11.7 Å². The Kier molecular flexibility index (Phi) is 15.2. The summed E-state index contributed by atoms with van der Waals surface area (Å²) < 4.78 is 24.0. The molecular formula is C40H63NO11. The SMILES string of the molecule is COC1CC(C)CC(C)/C=C/C(=O)CC(O)C(C)C(C(C)=CC2CCC(O)CC2)OC(=O)C2CCCCN2C(=O)C(=O)C2(O)OC1C(OC)CC2C. The van der Waals surface area contributed by atoms with E-state index in [-0.39, 0.29) is 55.4 Å². The summed E-state index contributed by atoms with van der Waals surface area (Å²) in [6.07, 6.45) is 6.51. The summed E-state index contributed by atoms with van der Waals surface area (Å²) in [5, 5.41) is 33.3. The van der Waals surface area contributed by atoms with Gasteiger partial charge in [-0.1, -0.05) is 39.8 Å². The van der Waals surface area contributed by atoms with Gasteiger partial charge in [0.05, 0.1) is 24.4 Å². The number of methoxy groups -OCH3 is 2. The number of hydrogen-bond acceptors (Lipinski definition) is 11. The number of amides is 1. The molecule has 11 atom stereocenters. The largest absolute Gasteiger partial charge is 0.456 e. The van der Waals surface area contributed by atoms with Crippen molar-refractivity contribution in [3.05, 3.63) is 23.8 Å². The van der Waals surface area contributed by atoms with E-state index < -0.39 is 71.8 Å². The minimum atomic E-state index is -2.48. The second-order valence-corrected chi connectivity index (χ2v) is 16.1. The molecule has 0 aromatic heterocycles. The van der Waals surface area contributed by atoms with Crippen LogP contribution in [0.4, 0.5) is 0 Å². The number of carbonyl (C=O) groups excluding carboxylic acids is 4. The number of fused-ring (bicyclic) bond motifs is 3. The highest BCUT2D eigenvalue weighted by Gasteiger charge is 2.56. The van der Waals surface area contributed by atoms with Gasteiger partial charge in [-0.2, -0.15) is 0 Å². The molecule has 0 radical (unpaired) electrons. The lowest BCUT2D eigenvalue weighted by atomic mass is 9.82. The maximum Gasteiger partial charge on any atom is 0.329 e. The highest BCUT2D eigenvalue weighted by Crippen LogP contribution is 2.39. The summed E-state index contributed by atoms with van der Waals surface area (Å²) in [5.74, 6) is -6.89. The molecular weight excluding hydrogens is 670 g/mol. The summed E-state index contributed by atoms with van der Waals surface area (Å²) in [6, 6.07) is -1.10. The molecule has 11 unspecified atom stereocenters.